The number of hydrogen-bond donors (Lipinski definition) is 0. The first kappa shape index (κ1) is 20.0. The summed E-state index contributed by atoms with van der Waals surface area (Å²) in [5, 5.41) is 5.46. The lowest BCUT2D eigenvalue weighted by Gasteiger charge is -2.35. The zero-order valence-corrected chi connectivity index (χ0v) is 17.9. The van der Waals surface area contributed by atoms with Crippen molar-refractivity contribution in [1.29, 1.82) is 0 Å². The van der Waals surface area contributed by atoms with Gasteiger partial charge >= 0.3 is 0 Å². The molecule has 3 heterocycles. The number of morpholine rings is 1. The maximum Gasteiger partial charge on any atom is 0.272 e. The maximum absolute atomic E-state index is 13.4. The summed E-state index contributed by atoms with van der Waals surface area (Å²) in [6.07, 6.45) is -0.0625. The van der Waals surface area contributed by atoms with Gasteiger partial charge in [0, 0.05) is 19.2 Å². The van der Waals surface area contributed by atoms with Crippen LogP contribution in [0.5, 0.6) is 0 Å². The molecule has 1 aromatic carbocycles. The molecule has 3 aromatic rings. The number of rotatable bonds is 3. The molecule has 2 atom stereocenters. The molecule has 6 nitrogen and oxygen atoms in total. The number of amides is 1. The molecule has 152 valence electrons. The van der Waals surface area contributed by atoms with Crippen LogP contribution in [0.1, 0.15) is 30.1 Å². The molecule has 29 heavy (non-hydrogen) atoms. The average Bonchev–Trinajstić information content (AvgIpc) is 3.29. The molecule has 0 saturated carbocycles. The minimum Gasteiger partial charge on any atom is -0.460 e. The van der Waals surface area contributed by atoms with Crippen molar-refractivity contribution < 1.29 is 13.9 Å². The Morgan fingerprint density at radius 2 is 1.79 bits per heavy atom. The largest absolute Gasteiger partial charge is 0.460 e. The van der Waals surface area contributed by atoms with Gasteiger partial charge in [0.25, 0.3) is 5.91 Å². The average molecular weight is 434 g/mol. The van der Waals surface area contributed by atoms with Crippen molar-refractivity contribution in [3.05, 3.63) is 57.9 Å². The summed E-state index contributed by atoms with van der Waals surface area (Å²) >= 11 is 12.3. The fourth-order valence-electron chi connectivity index (χ4n) is 3.55. The lowest BCUT2D eigenvalue weighted by molar-refractivity contribution is -0.0588. The van der Waals surface area contributed by atoms with Crippen molar-refractivity contribution >= 4 is 29.1 Å². The van der Waals surface area contributed by atoms with Gasteiger partial charge in [-0.3, -0.25) is 4.79 Å². The second kappa shape index (κ2) is 7.86. The normalized spacial score (nSPS) is 19.6. The van der Waals surface area contributed by atoms with Crippen molar-refractivity contribution in [2.45, 2.75) is 33.0 Å². The SMILES string of the molecule is Cc1ccc(-c2cc(C(=O)N3CC(C)OC(C)C3)n(-c3ccc(Cl)c(Cl)c3)n2)o1. The number of nitrogens with zero attached hydrogens (tertiary/aromatic N) is 3. The zero-order chi connectivity index (χ0) is 20.7. The van der Waals surface area contributed by atoms with Crippen LogP contribution in [0, 0.1) is 6.92 Å². The van der Waals surface area contributed by atoms with Gasteiger partial charge in [-0.15, -0.1) is 0 Å². The first-order valence-corrected chi connectivity index (χ1v) is 10.1. The standard InChI is InChI=1S/C21H21Cl2N3O3/c1-12-4-7-20(29-12)18-9-19(21(27)25-10-13(2)28-14(3)11-25)26(24-18)15-5-6-16(22)17(23)8-15/h4-9,13-14H,10-11H2,1-3H3. The second-order valence-corrected chi connectivity index (χ2v) is 8.12. The van der Waals surface area contributed by atoms with Gasteiger partial charge in [0.15, 0.2) is 5.76 Å². The molecule has 1 fully saturated rings. The first-order chi connectivity index (χ1) is 13.8. The van der Waals surface area contributed by atoms with Crippen molar-refractivity contribution in [2.24, 2.45) is 0 Å². The number of furan rings is 1. The van der Waals surface area contributed by atoms with Crippen LogP contribution < -0.4 is 0 Å². The van der Waals surface area contributed by atoms with E-state index < -0.39 is 0 Å². The molecule has 1 aliphatic heterocycles. The molecule has 2 aromatic heterocycles. The van der Waals surface area contributed by atoms with E-state index in [2.05, 4.69) is 5.10 Å². The molecule has 1 amide bonds. The third kappa shape index (κ3) is 4.06. The van der Waals surface area contributed by atoms with Crippen LogP contribution >= 0.6 is 23.2 Å². The highest BCUT2D eigenvalue weighted by Gasteiger charge is 2.30. The number of benzene rings is 1. The molecule has 1 aliphatic rings. The minimum absolute atomic E-state index is 0.0313. The van der Waals surface area contributed by atoms with E-state index in [1.807, 2.05) is 32.9 Å². The molecule has 1 saturated heterocycles. The Hall–Kier alpha value is -2.28. The molecule has 0 aliphatic carbocycles. The molecule has 4 rings (SSSR count). The van der Waals surface area contributed by atoms with Gasteiger partial charge in [0.1, 0.15) is 17.1 Å². The Labute approximate surface area is 179 Å². The number of carbonyl (C=O) groups excluding carboxylic acids is 1. The number of carbonyl (C=O) groups is 1. The van der Waals surface area contributed by atoms with Gasteiger partial charge in [0.2, 0.25) is 0 Å². The highest BCUT2D eigenvalue weighted by Crippen LogP contribution is 2.28. The molecular formula is C21H21Cl2N3O3. The maximum atomic E-state index is 13.4. The summed E-state index contributed by atoms with van der Waals surface area (Å²) < 4.78 is 13.1. The van der Waals surface area contributed by atoms with Crippen LogP contribution in [-0.4, -0.2) is 45.9 Å². The zero-order valence-electron chi connectivity index (χ0n) is 16.4. The Morgan fingerprint density at radius 1 is 1.07 bits per heavy atom. The van der Waals surface area contributed by atoms with Gasteiger partial charge in [-0.1, -0.05) is 23.2 Å². The monoisotopic (exact) mass is 433 g/mol. The van der Waals surface area contributed by atoms with Gasteiger partial charge in [0.05, 0.1) is 27.9 Å². The number of aromatic nitrogens is 2. The van der Waals surface area contributed by atoms with Crippen LogP contribution in [0.2, 0.25) is 10.0 Å². The fraction of sp³-hybridized carbons (Fsp3) is 0.333. The molecular weight excluding hydrogens is 413 g/mol. The van der Waals surface area contributed by atoms with Crippen LogP contribution in [0.4, 0.5) is 0 Å². The van der Waals surface area contributed by atoms with Crippen LogP contribution in [0.15, 0.2) is 40.8 Å². The van der Waals surface area contributed by atoms with E-state index in [1.165, 1.54) is 0 Å². The van der Waals surface area contributed by atoms with Crippen molar-refractivity contribution in [1.82, 2.24) is 14.7 Å². The van der Waals surface area contributed by atoms with Gasteiger partial charge in [-0.25, -0.2) is 4.68 Å². The van der Waals surface area contributed by atoms with Gasteiger partial charge < -0.3 is 14.1 Å². The predicted octanol–water partition coefficient (Wildman–Crippen LogP) is 5.00. The number of halogens is 2. The molecule has 8 heteroatoms. The topological polar surface area (TPSA) is 60.5 Å². The third-order valence-electron chi connectivity index (χ3n) is 4.78. The number of ether oxygens (including phenoxy) is 1. The molecule has 2 unspecified atom stereocenters. The predicted molar refractivity (Wildman–Crippen MR) is 112 cm³/mol. The summed E-state index contributed by atoms with van der Waals surface area (Å²) in [5.41, 5.74) is 1.64. The Kier molecular flexibility index (Phi) is 5.42. The first-order valence-electron chi connectivity index (χ1n) is 9.39. The summed E-state index contributed by atoms with van der Waals surface area (Å²) in [5.74, 6) is 1.24. The lowest BCUT2D eigenvalue weighted by atomic mass is 10.2. The van der Waals surface area contributed by atoms with Crippen molar-refractivity contribution in [2.75, 3.05) is 13.1 Å². The van der Waals surface area contributed by atoms with Crippen molar-refractivity contribution in [3.8, 4) is 17.1 Å². The van der Waals surface area contributed by atoms with E-state index in [9.17, 15) is 4.79 Å². The lowest BCUT2D eigenvalue weighted by Crippen LogP contribution is -2.48. The number of hydrogen-bond acceptors (Lipinski definition) is 4. The van der Waals surface area contributed by atoms with E-state index in [0.29, 0.717) is 46.0 Å². The number of aryl methyl sites for hydroxylation is 1. The van der Waals surface area contributed by atoms with E-state index >= 15 is 0 Å². The van der Waals surface area contributed by atoms with E-state index in [1.54, 1.807) is 33.8 Å². The summed E-state index contributed by atoms with van der Waals surface area (Å²) in [6.45, 7) is 6.82. The summed E-state index contributed by atoms with van der Waals surface area (Å²) in [4.78, 5) is 15.2. The summed E-state index contributed by atoms with van der Waals surface area (Å²) in [7, 11) is 0. The van der Waals surface area contributed by atoms with E-state index in [0.717, 1.165) is 5.76 Å². The second-order valence-electron chi connectivity index (χ2n) is 7.30. The van der Waals surface area contributed by atoms with E-state index in [-0.39, 0.29) is 18.1 Å². The van der Waals surface area contributed by atoms with E-state index in [4.69, 9.17) is 32.4 Å². The Balaban J connectivity index is 1.79. The summed E-state index contributed by atoms with van der Waals surface area (Å²) in [6, 6.07) is 10.6. The highest BCUT2D eigenvalue weighted by atomic mass is 35.5. The molecule has 0 radical (unpaired) electrons. The highest BCUT2D eigenvalue weighted by molar-refractivity contribution is 6.42. The van der Waals surface area contributed by atoms with Crippen LogP contribution in [-0.2, 0) is 4.74 Å². The third-order valence-corrected chi connectivity index (χ3v) is 5.51. The molecule has 0 N–H and O–H groups in total. The van der Waals surface area contributed by atoms with Gasteiger partial charge in [-0.05, 0) is 51.1 Å². The Bertz CT molecular complexity index is 1050. The van der Waals surface area contributed by atoms with Gasteiger partial charge in [-0.2, -0.15) is 5.10 Å². The van der Waals surface area contributed by atoms with Crippen molar-refractivity contribution in [3.63, 3.8) is 0 Å². The molecule has 0 bridgehead atoms. The van der Waals surface area contributed by atoms with Crippen LogP contribution in [0.25, 0.3) is 17.1 Å². The fourth-order valence-corrected chi connectivity index (χ4v) is 3.84. The minimum atomic E-state index is -0.125. The Morgan fingerprint density at radius 3 is 2.41 bits per heavy atom. The molecule has 0 spiro atoms. The smallest absolute Gasteiger partial charge is 0.272 e. The quantitative estimate of drug-likeness (QED) is 0.582. The van der Waals surface area contributed by atoms with Crippen LogP contribution in [0.3, 0.4) is 0 Å².